The summed E-state index contributed by atoms with van der Waals surface area (Å²) in [6, 6.07) is 2.87. The molecule has 7 nitrogen and oxygen atoms in total. The Balaban J connectivity index is 1.49. The fourth-order valence-corrected chi connectivity index (χ4v) is 5.11. The molecule has 166 valence electrons. The van der Waals surface area contributed by atoms with Gasteiger partial charge in [0.2, 0.25) is 5.43 Å². The van der Waals surface area contributed by atoms with E-state index in [2.05, 4.69) is 10.2 Å². The molecule has 2 aliphatic rings. The van der Waals surface area contributed by atoms with Crippen LogP contribution in [0.1, 0.15) is 33.9 Å². The molecule has 0 aliphatic carbocycles. The second-order valence-corrected chi connectivity index (χ2v) is 8.97. The van der Waals surface area contributed by atoms with Crippen LogP contribution in [0.25, 0.3) is 10.6 Å². The molecular formula is C21H17F3N4O3S. The third-order valence-corrected chi connectivity index (χ3v) is 6.79. The number of aromatic hydroxyl groups is 1. The molecule has 3 aromatic rings. The fraction of sp³-hybridized carbons (Fsp3) is 0.333. The number of carbonyl (C=O) groups excluding carboxylic acids is 1. The van der Waals surface area contributed by atoms with Crippen LogP contribution in [-0.4, -0.2) is 49.4 Å². The molecule has 1 amide bonds. The fourth-order valence-electron chi connectivity index (χ4n) is 4.24. The van der Waals surface area contributed by atoms with E-state index in [4.69, 9.17) is 0 Å². The normalized spacial score (nSPS) is 20.2. The zero-order valence-corrected chi connectivity index (χ0v) is 17.4. The van der Waals surface area contributed by atoms with E-state index in [1.807, 2.05) is 0 Å². The largest absolute Gasteiger partial charge is 0.503 e. The quantitative estimate of drug-likeness (QED) is 0.647. The minimum Gasteiger partial charge on any atom is -0.503 e. The zero-order chi connectivity index (χ0) is 22.6. The van der Waals surface area contributed by atoms with Crippen LogP contribution in [0.5, 0.6) is 5.75 Å². The van der Waals surface area contributed by atoms with Crippen molar-refractivity contribution in [3.05, 3.63) is 62.5 Å². The molecular weight excluding hydrogens is 445 g/mol. The van der Waals surface area contributed by atoms with Crippen molar-refractivity contribution in [2.45, 2.75) is 38.0 Å². The lowest BCUT2D eigenvalue weighted by Crippen LogP contribution is -2.53. The van der Waals surface area contributed by atoms with Gasteiger partial charge in [0.25, 0.3) is 5.91 Å². The third kappa shape index (κ3) is 3.46. The van der Waals surface area contributed by atoms with Crippen molar-refractivity contribution in [2.75, 3.05) is 6.54 Å². The lowest BCUT2D eigenvalue weighted by Gasteiger charge is -2.41. The first-order chi connectivity index (χ1) is 15.3. The van der Waals surface area contributed by atoms with Gasteiger partial charge in [0.15, 0.2) is 16.5 Å². The van der Waals surface area contributed by atoms with Crippen LogP contribution in [0.15, 0.2) is 29.2 Å². The number of halogens is 3. The highest BCUT2D eigenvalue weighted by Crippen LogP contribution is 2.32. The number of hydrogen-bond donors (Lipinski definition) is 1. The van der Waals surface area contributed by atoms with Gasteiger partial charge in [0.1, 0.15) is 22.8 Å². The van der Waals surface area contributed by atoms with Crippen molar-refractivity contribution in [3.8, 4) is 16.3 Å². The number of carbonyl (C=O) groups is 1. The van der Waals surface area contributed by atoms with E-state index >= 15 is 0 Å². The number of piperidine rings is 1. The molecule has 0 saturated carbocycles. The molecule has 11 heteroatoms. The van der Waals surface area contributed by atoms with Crippen LogP contribution in [0, 0.1) is 11.6 Å². The molecule has 1 fully saturated rings. The minimum absolute atomic E-state index is 0.0448. The van der Waals surface area contributed by atoms with Crippen molar-refractivity contribution >= 4 is 17.2 Å². The molecule has 0 spiro atoms. The van der Waals surface area contributed by atoms with Gasteiger partial charge in [-0.05, 0) is 18.1 Å². The van der Waals surface area contributed by atoms with Gasteiger partial charge < -0.3 is 14.6 Å². The van der Waals surface area contributed by atoms with Gasteiger partial charge in [0.05, 0.1) is 11.6 Å². The molecule has 1 N–H and O–H groups in total. The molecule has 0 unspecified atom stereocenters. The van der Waals surface area contributed by atoms with Crippen molar-refractivity contribution in [2.24, 2.45) is 0 Å². The first-order valence-electron chi connectivity index (χ1n) is 10.00. The Bertz CT molecular complexity index is 1290. The molecule has 32 heavy (non-hydrogen) atoms. The average Bonchev–Trinajstić information content (AvgIpc) is 3.20. The van der Waals surface area contributed by atoms with Crippen LogP contribution >= 0.6 is 11.3 Å². The predicted octanol–water partition coefficient (Wildman–Crippen LogP) is 2.90. The van der Waals surface area contributed by atoms with Crippen LogP contribution in [0.3, 0.4) is 0 Å². The topological polar surface area (TPSA) is 88.3 Å². The standard InChI is InChI=1S/C21H17F3N4O3S/c22-11-2-1-10(15(24)7-11)5-16-25-26-20(32-16)14-9-27-8-13-6-12(23)3-4-28(13)21(31)17(27)19(30)18(14)29/h1-2,7,9,12-13,30H,3-6,8H2/t12-,13-/m0/s1. The number of fused-ring (bicyclic) bond motifs is 2. The Morgan fingerprint density at radius 3 is 2.81 bits per heavy atom. The predicted molar refractivity (Wildman–Crippen MR) is 109 cm³/mol. The summed E-state index contributed by atoms with van der Waals surface area (Å²) >= 11 is 1.03. The van der Waals surface area contributed by atoms with Gasteiger partial charge in [-0.15, -0.1) is 10.2 Å². The van der Waals surface area contributed by atoms with E-state index in [0.717, 1.165) is 23.5 Å². The molecule has 1 saturated heterocycles. The summed E-state index contributed by atoms with van der Waals surface area (Å²) in [7, 11) is 0. The van der Waals surface area contributed by atoms with Crippen LogP contribution in [0.4, 0.5) is 13.2 Å². The Kier molecular flexibility index (Phi) is 5.00. The SMILES string of the molecule is O=C1c2c(O)c(=O)c(-c3nnc(Cc4ccc(F)cc4F)s3)cn2C[C@@H]2C[C@@H](F)CCN12. The first-order valence-corrected chi connectivity index (χ1v) is 10.8. The van der Waals surface area contributed by atoms with Gasteiger partial charge in [-0.1, -0.05) is 17.4 Å². The molecule has 2 aromatic heterocycles. The van der Waals surface area contributed by atoms with Gasteiger partial charge in [-0.25, -0.2) is 13.2 Å². The van der Waals surface area contributed by atoms with Crippen molar-refractivity contribution in [3.63, 3.8) is 0 Å². The number of pyridine rings is 1. The van der Waals surface area contributed by atoms with E-state index in [9.17, 15) is 27.9 Å². The molecule has 0 bridgehead atoms. The number of nitrogens with zero attached hydrogens (tertiary/aromatic N) is 4. The number of aromatic nitrogens is 3. The Morgan fingerprint density at radius 2 is 2.03 bits per heavy atom. The Morgan fingerprint density at radius 1 is 1.22 bits per heavy atom. The van der Waals surface area contributed by atoms with Gasteiger partial charge in [0, 0.05) is 38.2 Å². The third-order valence-electron chi connectivity index (χ3n) is 5.83. The van der Waals surface area contributed by atoms with Crippen LogP contribution in [-0.2, 0) is 13.0 Å². The Labute approximate surface area is 183 Å². The molecule has 2 atom stereocenters. The van der Waals surface area contributed by atoms with E-state index in [-0.39, 0.29) is 60.2 Å². The molecule has 4 heterocycles. The lowest BCUT2D eigenvalue weighted by atomic mass is 9.97. The van der Waals surface area contributed by atoms with Crippen LogP contribution < -0.4 is 5.43 Å². The highest BCUT2D eigenvalue weighted by atomic mass is 32.1. The summed E-state index contributed by atoms with van der Waals surface area (Å²) in [5, 5.41) is 19.1. The minimum atomic E-state index is -1.00. The van der Waals surface area contributed by atoms with Crippen molar-refractivity contribution in [1.82, 2.24) is 19.7 Å². The highest BCUT2D eigenvalue weighted by molar-refractivity contribution is 7.14. The maximum absolute atomic E-state index is 13.9. The van der Waals surface area contributed by atoms with E-state index < -0.39 is 34.9 Å². The summed E-state index contributed by atoms with van der Waals surface area (Å²) in [5.41, 5.74) is -0.615. The lowest BCUT2D eigenvalue weighted by molar-refractivity contribution is 0.0383. The maximum atomic E-state index is 13.9. The summed E-state index contributed by atoms with van der Waals surface area (Å²) in [5.74, 6) is -2.59. The smallest absolute Gasteiger partial charge is 0.274 e. The molecule has 2 aliphatic heterocycles. The summed E-state index contributed by atoms with van der Waals surface area (Å²) in [4.78, 5) is 27.1. The van der Waals surface area contributed by atoms with Gasteiger partial charge in [-0.3, -0.25) is 9.59 Å². The number of amides is 1. The first kappa shape index (κ1) is 20.7. The van der Waals surface area contributed by atoms with E-state index in [1.54, 1.807) is 0 Å². The second-order valence-electron chi connectivity index (χ2n) is 7.91. The number of alkyl halides is 1. The second kappa shape index (κ2) is 7.73. The van der Waals surface area contributed by atoms with Gasteiger partial charge >= 0.3 is 0 Å². The number of hydrogen-bond acceptors (Lipinski definition) is 6. The van der Waals surface area contributed by atoms with Gasteiger partial charge in [-0.2, -0.15) is 0 Å². The summed E-state index contributed by atoms with van der Waals surface area (Å²) in [6.45, 7) is 0.481. The molecule has 1 aromatic carbocycles. The number of benzene rings is 1. The van der Waals surface area contributed by atoms with E-state index in [0.29, 0.717) is 5.01 Å². The Hall–Kier alpha value is -3.21. The zero-order valence-electron chi connectivity index (χ0n) is 16.6. The molecule has 5 rings (SSSR count). The summed E-state index contributed by atoms with van der Waals surface area (Å²) < 4.78 is 42.4. The summed E-state index contributed by atoms with van der Waals surface area (Å²) in [6.07, 6.45) is 0.899. The highest BCUT2D eigenvalue weighted by Gasteiger charge is 2.39. The van der Waals surface area contributed by atoms with E-state index in [1.165, 1.54) is 21.7 Å². The molecule has 0 radical (unpaired) electrons. The van der Waals surface area contributed by atoms with Crippen molar-refractivity contribution in [1.29, 1.82) is 0 Å². The number of rotatable bonds is 3. The van der Waals surface area contributed by atoms with Crippen molar-refractivity contribution < 1.29 is 23.1 Å². The average molecular weight is 462 g/mol. The monoisotopic (exact) mass is 462 g/mol. The maximum Gasteiger partial charge on any atom is 0.274 e. The van der Waals surface area contributed by atoms with Crippen LogP contribution in [0.2, 0.25) is 0 Å².